The molecule has 3 aromatic carbocycles. The molecule has 1 aromatic heterocycles. The number of benzene rings is 3. The maximum Gasteiger partial charge on any atom is 0.335 e. The van der Waals surface area contributed by atoms with Gasteiger partial charge in [0.25, 0.3) is 5.91 Å². The molecule has 4 aromatic rings. The number of carboxylic acid groups (broad SMARTS) is 1. The molecule has 0 saturated carbocycles. The van der Waals surface area contributed by atoms with E-state index in [0.29, 0.717) is 32.7 Å². The molecule has 1 N–H and O–H groups in total. The molecule has 0 bridgehead atoms. The number of amides is 1. The zero-order valence-electron chi connectivity index (χ0n) is 28.1. The molecule has 2 fully saturated rings. The molecular weight excluding hydrogens is 640 g/mol. The monoisotopic (exact) mass is 680 g/mol. The van der Waals surface area contributed by atoms with Crippen LogP contribution in [0.3, 0.4) is 0 Å². The summed E-state index contributed by atoms with van der Waals surface area (Å²) in [7, 11) is 4.00. The Morgan fingerprint density at radius 3 is 2.51 bits per heavy atom. The van der Waals surface area contributed by atoms with Crippen LogP contribution in [0.15, 0.2) is 60.7 Å². The van der Waals surface area contributed by atoms with E-state index in [0.717, 1.165) is 79.2 Å². The second kappa shape index (κ2) is 13.9. The van der Waals surface area contributed by atoms with E-state index in [1.54, 1.807) is 38.4 Å². The van der Waals surface area contributed by atoms with Crippen molar-refractivity contribution in [2.45, 2.75) is 62.6 Å². The molecule has 3 aliphatic rings. The number of aromatic nitrogens is 2. The van der Waals surface area contributed by atoms with Crippen LogP contribution in [-0.4, -0.2) is 85.7 Å². The highest BCUT2D eigenvalue weighted by molar-refractivity contribution is 6.36. The molecule has 9 nitrogen and oxygen atoms in total. The van der Waals surface area contributed by atoms with Crippen molar-refractivity contribution in [3.05, 3.63) is 100 Å². The summed E-state index contributed by atoms with van der Waals surface area (Å²) in [5, 5.41) is 9.69. The Morgan fingerprint density at radius 2 is 1.84 bits per heavy atom. The Kier molecular flexibility index (Phi) is 9.41. The third-order valence-corrected chi connectivity index (χ3v) is 11.4. The molecule has 49 heavy (non-hydrogen) atoms. The normalized spacial score (nSPS) is 20.0. The van der Waals surface area contributed by atoms with Gasteiger partial charge >= 0.3 is 5.97 Å². The predicted octanol–water partition coefficient (Wildman–Crippen LogP) is 6.43. The highest BCUT2D eigenvalue weighted by Gasteiger charge is 2.31. The quantitative estimate of drug-likeness (QED) is 0.193. The van der Waals surface area contributed by atoms with Crippen LogP contribution < -0.4 is 4.74 Å². The van der Waals surface area contributed by atoms with Gasteiger partial charge in [-0.15, -0.1) is 0 Å². The molecule has 3 atom stereocenters. The molecule has 4 heterocycles. The minimum absolute atomic E-state index is 0.239. The van der Waals surface area contributed by atoms with Gasteiger partial charge in [-0.05, 0) is 85.8 Å². The molecule has 11 heteroatoms. The molecule has 254 valence electrons. The number of likely N-dealkylation sites (tertiary alicyclic amines) is 1. The minimum Gasteiger partial charge on any atom is -0.481 e. The Hall–Kier alpha value is -4.32. The van der Waals surface area contributed by atoms with E-state index in [-0.39, 0.29) is 23.5 Å². The van der Waals surface area contributed by atoms with Crippen LogP contribution in [0.4, 0.5) is 4.39 Å². The lowest BCUT2D eigenvalue weighted by Crippen LogP contribution is -2.36. The molecule has 7 rings (SSSR count). The lowest BCUT2D eigenvalue weighted by atomic mass is 9.87. The number of carbonyl (C=O) groups is 2. The van der Waals surface area contributed by atoms with Gasteiger partial charge in [0, 0.05) is 53.5 Å². The van der Waals surface area contributed by atoms with E-state index in [4.69, 9.17) is 14.5 Å². The van der Waals surface area contributed by atoms with Gasteiger partial charge in [-0.25, -0.2) is 14.2 Å². The maximum absolute atomic E-state index is 15.3. The van der Waals surface area contributed by atoms with E-state index < -0.39 is 17.9 Å². The third kappa shape index (κ3) is 6.67. The number of carbonyl (C=O) groups excluding carboxylic acids is 1. The van der Waals surface area contributed by atoms with Crippen molar-refractivity contribution in [3.63, 3.8) is 0 Å². The van der Waals surface area contributed by atoms with E-state index in [1.165, 1.54) is 11.0 Å². The first-order chi connectivity index (χ1) is 23.7. The van der Waals surface area contributed by atoms with Gasteiger partial charge in [-0.1, -0.05) is 36.9 Å². The van der Waals surface area contributed by atoms with Crippen LogP contribution in [-0.2, 0) is 17.8 Å². The molecule has 1 unspecified atom stereocenters. The molecule has 3 aliphatic heterocycles. The van der Waals surface area contributed by atoms with Gasteiger partial charge in [0.05, 0.1) is 29.2 Å². The van der Waals surface area contributed by atoms with E-state index in [1.807, 2.05) is 24.3 Å². The maximum atomic E-state index is 15.3. The van der Waals surface area contributed by atoms with Gasteiger partial charge in [0.1, 0.15) is 23.5 Å². The van der Waals surface area contributed by atoms with Crippen molar-refractivity contribution in [1.82, 2.24) is 19.4 Å². The molecular formula is C38H41FN4O5Si. The number of halogens is 1. The molecule has 0 spiro atoms. The Balaban J connectivity index is 1.07. The number of ether oxygens (including phenoxy) is 2. The zero-order valence-corrected chi connectivity index (χ0v) is 29.1. The van der Waals surface area contributed by atoms with Gasteiger partial charge < -0.3 is 24.0 Å². The van der Waals surface area contributed by atoms with Gasteiger partial charge in [-0.3, -0.25) is 9.69 Å². The van der Waals surface area contributed by atoms with E-state index in [2.05, 4.69) is 28.1 Å². The Morgan fingerprint density at radius 1 is 1.06 bits per heavy atom. The SMILES string of the molecule is C[Si][C@@H](Cn1c(CN2CCC(c3cccc4c3O[C@H](c3ccc(C(=O)N(C)C)cc3F)C=C4)CC2)nc2ccc(C(=O)O)cc21)C1CCO1. The summed E-state index contributed by atoms with van der Waals surface area (Å²) in [6.07, 6.45) is 6.44. The number of hydrogen-bond acceptors (Lipinski definition) is 6. The van der Waals surface area contributed by atoms with Crippen LogP contribution in [0, 0.1) is 5.82 Å². The average Bonchev–Trinajstić information content (AvgIpc) is 3.42. The van der Waals surface area contributed by atoms with Crippen LogP contribution in [0.5, 0.6) is 5.75 Å². The first kappa shape index (κ1) is 33.2. The first-order valence-corrected chi connectivity index (χ1v) is 18.5. The smallest absolute Gasteiger partial charge is 0.335 e. The second-order valence-electron chi connectivity index (χ2n) is 13.4. The second-order valence-corrected chi connectivity index (χ2v) is 14.7. The number of rotatable bonds is 10. The number of fused-ring (bicyclic) bond motifs is 2. The zero-order chi connectivity index (χ0) is 34.2. The number of carboxylic acids is 1. The number of aromatic carboxylic acids is 1. The number of nitrogens with zero attached hydrogens (tertiary/aromatic N) is 4. The minimum atomic E-state index is -0.942. The average molecular weight is 681 g/mol. The molecule has 0 aliphatic carbocycles. The summed E-state index contributed by atoms with van der Waals surface area (Å²) < 4.78 is 29.9. The van der Waals surface area contributed by atoms with Crippen LogP contribution >= 0.6 is 0 Å². The van der Waals surface area contributed by atoms with Crippen LogP contribution in [0.25, 0.3) is 17.1 Å². The highest BCUT2D eigenvalue weighted by Crippen LogP contribution is 2.42. The summed E-state index contributed by atoms with van der Waals surface area (Å²) in [6.45, 7) is 6.19. The van der Waals surface area contributed by atoms with E-state index >= 15 is 4.39 Å². The van der Waals surface area contributed by atoms with Crippen molar-refractivity contribution < 1.29 is 28.6 Å². The number of hydrogen-bond donors (Lipinski definition) is 1. The van der Waals surface area contributed by atoms with Crippen molar-refractivity contribution >= 4 is 38.5 Å². The predicted molar refractivity (Wildman–Crippen MR) is 187 cm³/mol. The fourth-order valence-electron chi connectivity index (χ4n) is 7.23. The molecule has 2 radical (unpaired) electrons. The number of piperidine rings is 1. The highest BCUT2D eigenvalue weighted by atomic mass is 28.2. The van der Waals surface area contributed by atoms with Gasteiger partial charge in [0.2, 0.25) is 0 Å². The third-order valence-electron chi connectivity index (χ3n) is 10.1. The van der Waals surface area contributed by atoms with Crippen molar-refractivity contribution in [1.29, 1.82) is 0 Å². The van der Waals surface area contributed by atoms with Crippen molar-refractivity contribution in [2.24, 2.45) is 0 Å². The standard InChI is InChI=1S/C38H41FN4O5Si/c1-41(2)37(44)25-7-10-28(29(39)19-25)32-12-9-24-5-4-6-27(36(24)48-32)23-13-16-42(17-14-23)22-35-40-30-11-8-26(38(45)46)20-31(30)43(35)21-34(49-3)33-15-18-47-33/h4-12,19-20,23,32-34H,13-18,21-22H2,1-3H3,(H,45,46)/t32-,33?,34-/m0/s1. The summed E-state index contributed by atoms with van der Waals surface area (Å²) in [4.78, 5) is 33.1. The number of para-hydroxylation sites is 1. The van der Waals surface area contributed by atoms with Crippen molar-refractivity contribution in [2.75, 3.05) is 33.8 Å². The first-order valence-electron chi connectivity index (χ1n) is 16.9. The van der Waals surface area contributed by atoms with Crippen LogP contribution in [0.2, 0.25) is 12.1 Å². The summed E-state index contributed by atoms with van der Waals surface area (Å²) >= 11 is 0. The topological polar surface area (TPSA) is 97.1 Å². The summed E-state index contributed by atoms with van der Waals surface area (Å²) in [6, 6.07) is 16.0. The lowest BCUT2D eigenvalue weighted by Gasteiger charge is -2.35. The molecule has 1 amide bonds. The van der Waals surface area contributed by atoms with Gasteiger partial charge in [0.15, 0.2) is 0 Å². The Bertz CT molecular complexity index is 1910. The van der Waals surface area contributed by atoms with E-state index in [9.17, 15) is 14.7 Å². The van der Waals surface area contributed by atoms with Crippen LogP contribution in [0.1, 0.15) is 74.5 Å². The largest absolute Gasteiger partial charge is 0.481 e. The van der Waals surface area contributed by atoms with Gasteiger partial charge in [-0.2, -0.15) is 0 Å². The lowest BCUT2D eigenvalue weighted by molar-refractivity contribution is -0.0561. The fourth-order valence-corrected chi connectivity index (χ4v) is 8.23. The summed E-state index contributed by atoms with van der Waals surface area (Å²) in [5.41, 5.74) is 5.11. The fraction of sp³-hybridized carbons (Fsp3) is 0.395. The number of imidazole rings is 1. The molecule has 2 saturated heterocycles. The Labute approximate surface area is 288 Å². The van der Waals surface area contributed by atoms with Crippen molar-refractivity contribution in [3.8, 4) is 5.75 Å². The summed E-state index contributed by atoms with van der Waals surface area (Å²) in [5.74, 6) is 0.370.